The Kier molecular flexibility index (Phi) is 4.91. The van der Waals surface area contributed by atoms with Crippen molar-refractivity contribution in [3.8, 4) is 0 Å². The lowest BCUT2D eigenvalue weighted by Crippen LogP contribution is -2.25. The lowest BCUT2D eigenvalue weighted by atomic mass is 10.3. The fraction of sp³-hybridized carbons (Fsp3) is 0.364. The van der Waals surface area contributed by atoms with Crippen LogP contribution >= 0.6 is 11.6 Å². The van der Waals surface area contributed by atoms with Crippen LogP contribution in [0.15, 0.2) is 18.0 Å². The maximum Gasteiger partial charge on any atom is 0.332 e. The first-order valence-electron chi connectivity index (χ1n) is 5.29. The zero-order chi connectivity index (χ0) is 13.7. The molecular weight excluding hydrogens is 258 g/mol. The Bertz CT molecular complexity index is 474. The zero-order valence-electron chi connectivity index (χ0n) is 10.4. The second-order valence-electron chi connectivity index (χ2n) is 3.50. The Hall–Kier alpha value is -1.82. The molecule has 0 radical (unpaired) electrons. The molecule has 0 atom stereocenters. The largest absolute Gasteiger partial charge is 0.463 e. The Morgan fingerprint density at radius 3 is 2.78 bits per heavy atom. The number of halogens is 1. The molecule has 0 aliphatic rings. The number of esters is 1. The molecule has 0 bridgehead atoms. The van der Waals surface area contributed by atoms with Crippen molar-refractivity contribution in [2.24, 2.45) is 7.05 Å². The van der Waals surface area contributed by atoms with Crippen LogP contribution < -0.4 is 5.32 Å². The number of aromatic nitrogens is 2. The van der Waals surface area contributed by atoms with E-state index in [1.807, 2.05) is 0 Å². The van der Waals surface area contributed by atoms with Crippen molar-refractivity contribution in [1.82, 2.24) is 15.1 Å². The minimum Gasteiger partial charge on any atom is -0.463 e. The van der Waals surface area contributed by atoms with Crippen molar-refractivity contribution in [2.75, 3.05) is 6.61 Å². The van der Waals surface area contributed by atoms with Gasteiger partial charge in [0, 0.05) is 18.8 Å². The molecule has 0 aromatic carbocycles. The summed E-state index contributed by atoms with van der Waals surface area (Å²) in [6, 6.07) is 0. The summed E-state index contributed by atoms with van der Waals surface area (Å²) in [5, 5.41) is 6.63. The molecule has 1 rings (SSSR count). The number of rotatable bonds is 4. The quantitative estimate of drug-likeness (QED) is 0.661. The van der Waals surface area contributed by atoms with Crippen molar-refractivity contribution in [3.05, 3.63) is 28.7 Å². The van der Waals surface area contributed by atoms with E-state index in [1.54, 1.807) is 20.9 Å². The van der Waals surface area contributed by atoms with Crippen LogP contribution in [0.1, 0.15) is 24.3 Å². The maximum absolute atomic E-state index is 11.8. The summed E-state index contributed by atoms with van der Waals surface area (Å²) in [5.74, 6) is -0.940. The summed E-state index contributed by atoms with van der Waals surface area (Å²) in [6.45, 7) is 3.57. The van der Waals surface area contributed by atoms with Gasteiger partial charge in [-0.3, -0.25) is 9.48 Å². The number of amides is 1. The monoisotopic (exact) mass is 271 g/mol. The standard InChI is InChI=1S/C11H14ClN3O3/c1-4-18-9(16)5-7(2)14-11(17)10-8(12)6-13-15(10)3/h5-6H,4H2,1-3H3,(H,14,17)/b7-5+. The van der Waals surface area contributed by atoms with Gasteiger partial charge in [0.1, 0.15) is 5.69 Å². The van der Waals surface area contributed by atoms with Crippen molar-refractivity contribution in [1.29, 1.82) is 0 Å². The summed E-state index contributed by atoms with van der Waals surface area (Å²) in [5.41, 5.74) is 0.601. The van der Waals surface area contributed by atoms with Crippen molar-refractivity contribution in [2.45, 2.75) is 13.8 Å². The Balaban J connectivity index is 2.74. The molecule has 6 nitrogen and oxygen atoms in total. The molecule has 1 heterocycles. The van der Waals surface area contributed by atoms with Gasteiger partial charge < -0.3 is 10.1 Å². The number of hydrogen-bond acceptors (Lipinski definition) is 4. The van der Waals surface area contributed by atoms with Gasteiger partial charge in [0.2, 0.25) is 0 Å². The Labute approximate surface area is 110 Å². The van der Waals surface area contributed by atoms with E-state index in [2.05, 4.69) is 10.4 Å². The number of carbonyl (C=O) groups is 2. The number of ether oxygens (including phenoxy) is 1. The molecule has 98 valence electrons. The molecule has 0 aliphatic heterocycles. The van der Waals surface area contributed by atoms with Crippen LogP contribution in [0.2, 0.25) is 5.02 Å². The van der Waals surface area contributed by atoms with Crippen LogP contribution in [0.3, 0.4) is 0 Å². The minimum atomic E-state index is -0.508. The molecule has 1 amide bonds. The Morgan fingerprint density at radius 2 is 2.28 bits per heavy atom. The van der Waals surface area contributed by atoms with Gasteiger partial charge in [-0.2, -0.15) is 5.10 Å². The smallest absolute Gasteiger partial charge is 0.332 e. The molecule has 1 N–H and O–H groups in total. The van der Waals surface area contributed by atoms with Crippen LogP contribution in [0, 0.1) is 0 Å². The third kappa shape index (κ3) is 3.59. The average Bonchev–Trinajstić information content (AvgIpc) is 2.58. The predicted molar refractivity (Wildman–Crippen MR) is 66.1 cm³/mol. The van der Waals surface area contributed by atoms with E-state index in [4.69, 9.17) is 16.3 Å². The molecule has 0 saturated heterocycles. The number of allylic oxidation sites excluding steroid dienone is 1. The number of nitrogens with one attached hydrogen (secondary N) is 1. The van der Waals surface area contributed by atoms with Gasteiger partial charge >= 0.3 is 5.97 Å². The average molecular weight is 272 g/mol. The van der Waals surface area contributed by atoms with E-state index in [0.29, 0.717) is 5.70 Å². The van der Waals surface area contributed by atoms with E-state index < -0.39 is 11.9 Å². The van der Waals surface area contributed by atoms with Crippen molar-refractivity contribution in [3.63, 3.8) is 0 Å². The Morgan fingerprint density at radius 1 is 1.61 bits per heavy atom. The van der Waals surface area contributed by atoms with Crippen LogP contribution in [-0.2, 0) is 16.6 Å². The lowest BCUT2D eigenvalue weighted by molar-refractivity contribution is -0.137. The summed E-state index contributed by atoms with van der Waals surface area (Å²) in [7, 11) is 1.60. The highest BCUT2D eigenvalue weighted by molar-refractivity contribution is 6.33. The third-order valence-corrected chi connectivity index (χ3v) is 2.32. The molecule has 0 unspecified atom stereocenters. The third-order valence-electron chi connectivity index (χ3n) is 2.04. The van der Waals surface area contributed by atoms with Crippen LogP contribution in [0.5, 0.6) is 0 Å². The number of hydrogen-bond donors (Lipinski definition) is 1. The highest BCUT2D eigenvalue weighted by atomic mass is 35.5. The second-order valence-corrected chi connectivity index (χ2v) is 3.91. The molecule has 0 fully saturated rings. The molecule has 1 aromatic heterocycles. The summed E-state index contributed by atoms with van der Waals surface area (Å²) < 4.78 is 6.08. The first-order chi connectivity index (χ1) is 8.45. The highest BCUT2D eigenvalue weighted by Gasteiger charge is 2.15. The fourth-order valence-corrected chi connectivity index (χ4v) is 1.55. The normalized spacial score (nSPS) is 11.2. The SMILES string of the molecule is CCOC(=O)/C=C(\C)NC(=O)c1c(Cl)cnn1C. The maximum atomic E-state index is 11.8. The highest BCUT2D eigenvalue weighted by Crippen LogP contribution is 2.13. The molecule has 18 heavy (non-hydrogen) atoms. The second kappa shape index (κ2) is 6.20. The minimum absolute atomic E-state index is 0.230. The van der Waals surface area contributed by atoms with E-state index in [-0.39, 0.29) is 17.3 Å². The van der Waals surface area contributed by atoms with Gasteiger partial charge in [-0.1, -0.05) is 11.6 Å². The van der Waals surface area contributed by atoms with Crippen LogP contribution in [-0.4, -0.2) is 28.3 Å². The number of carbonyl (C=O) groups excluding carboxylic acids is 2. The van der Waals surface area contributed by atoms with E-state index >= 15 is 0 Å². The summed E-state index contributed by atoms with van der Waals surface area (Å²) >= 11 is 5.82. The van der Waals surface area contributed by atoms with Gasteiger partial charge in [0.15, 0.2) is 0 Å². The van der Waals surface area contributed by atoms with Gasteiger partial charge in [-0.05, 0) is 13.8 Å². The van der Waals surface area contributed by atoms with Crippen LogP contribution in [0.25, 0.3) is 0 Å². The molecule has 0 saturated carbocycles. The topological polar surface area (TPSA) is 73.2 Å². The van der Waals surface area contributed by atoms with Gasteiger partial charge in [0.25, 0.3) is 5.91 Å². The summed E-state index contributed by atoms with van der Waals surface area (Å²) in [6.07, 6.45) is 2.58. The predicted octanol–water partition coefficient (Wildman–Crippen LogP) is 1.27. The van der Waals surface area contributed by atoms with Crippen molar-refractivity contribution >= 4 is 23.5 Å². The first-order valence-corrected chi connectivity index (χ1v) is 5.67. The van der Waals surface area contributed by atoms with E-state index in [9.17, 15) is 9.59 Å². The van der Waals surface area contributed by atoms with Crippen molar-refractivity contribution < 1.29 is 14.3 Å². The van der Waals surface area contributed by atoms with Crippen LogP contribution in [0.4, 0.5) is 0 Å². The number of nitrogens with zero attached hydrogens (tertiary/aromatic N) is 2. The van der Waals surface area contributed by atoms with E-state index in [0.717, 1.165) is 0 Å². The number of aryl methyl sites for hydroxylation is 1. The lowest BCUT2D eigenvalue weighted by Gasteiger charge is -2.06. The molecule has 1 aromatic rings. The molecule has 0 spiro atoms. The zero-order valence-corrected chi connectivity index (χ0v) is 11.1. The molecular formula is C11H14ClN3O3. The first kappa shape index (κ1) is 14.2. The van der Waals surface area contributed by atoms with E-state index in [1.165, 1.54) is 17.0 Å². The molecule has 7 heteroatoms. The van der Waals surface area contributed by atoms with Gasteiger partial charge in [0.05, 0.1) is 17.8 Å². The fourth-order valence-electron chi connectivity index (χ4n) is 1.30. The van der Waals surface area contributed by atoms with Gasteiger partial charge in [-0.25, -0.2) is 4.79 Å². The summed E-state index contributed by atoms with van der Waals surface area (Å²) in [4.78, 5) is 23.0. The van der Waals surface area contributed by atoms with Gasteiger partial charge in [-0.15, -0.1) is 0 Å². The molecule has 0 aliphatic carbocycles.